The van der Waals surface area contributed by atoms with Crippen LogP contribution in [0, 0.1) is 15.9 Å². The summed E-state index contributed by atoms with van der Waals surface area (Å²) in [6.07, 6.45) is -0.300. The number of ether oxygens (including phenoxy) is 1. The third kappa shape index (κ3) is 2.56. The van der Waals surface area contributed by atoms with Crippen LogP contribution in [-0.2, 0) is 7.05 Å². The quantitative estimate of drug-likeness (QED) is 0.625. The molecule has 0 aliphatic rings. The Morgan fingerprint density at radius 3 is 2.65 bits per heavy atom. The van der Waals surface area contributed by atoms with Crippen LogP contribution in [0.5, 0.6) is 5.75 Å². The van der Waals surface area contributed by atoms with Crippen molar-refractivity contribution in [3.05, 3.63) is 28.1 Å². The molecular weight excluding hydrogens is 269 g/mol. The lowest BCUT2D eigenvalue weighted by Crippen LogP contribution is -2.09. The van der Waals surface area contributed by atoms with Gasteiger partial charge in [0.05, 0.1) is 22.7 Å². The standard InChI is InChI=1S/C11H12FN5O3/c1-6(2)20-10-8(11-13-14-15-16(11)3)4-7(17(18)19)5-9(10)12/h4-6H,1-3H3. The number of halogens is 1. The summed E-state index contributed by atoms with van der Waals surface area (Å²) in [7, 11) is 1.55. The van der Waals surface area contributed by atoms with E-state index in [1.807, 2.05) is 0 Å². The summed E-state index contributed by atoms with van der Waals surface area (Å²) in [5.41, 5.74) is -0.255. The summed E-state index contributed by atoms with van der Waals surface area (Å²) in [5.74, 6) is -0.752. The zero-order valence-electron chi connectivity index (χ0n) is 11.1. The summed E-state index contributed by atoms with van der Waals surface area (Å²) in [4.78, 5) is 10.1. The van der Waals surface area contributed by atoms with E-state index in [1.54, 1.807) is 20.9 Å². The Hall–Kier alpha value is -2.58. The molecule has 0 radical (unpaired) electrons. The largest absolute Gasteiger partial charge is 0.487 e. The van der Waals surface area contributed by atoms with Crippen molar-refractivity contribution in [1.29, 1.82) is 0 Å². The first-order chi connectivity index (χ1) is 9.40. The molecule has 9 heteroatoms. The second-order valence-corrected chi connectivity index (χ2v) is 4.35. The highest BCUT2D eigenvalue weighted by Gasteiger charge is 2.23. The molecule has 0 aliphatic carbocycles. The van der Waals surface area contributed by atoms with Gasteiger partial charge >= 0.3 is 0 Å². The predicted molar refractivity (Wildman–Crippen MR) is 66.6 cm³/mol. The molecule has 0 amide bonds. The van der Waals surface area contributed by atoms with Crippen LogP contribution in [-0.4, -0.2) is 31.2 Å². The van der Waals surface area contributed by atoms with Crippen LogP contribution in [0.1, 0.15) is 13.8 Å². The fraction of sp³-hybridized carbons (Fsp3) is 0.364. The van der Waals surface area contributed by atoms with Crippen molar-refractivity contribution in [3.8, 4) is 17.1 Å². The number of hydrogen-bond donors (Lipinski definition) is 0. The van der Waals surface area contributed by atoms with E-state index in [-0.39, 0.29) is 23.2 Å². The van der Waals surface area contributed by atoms with Gasteiger partial charge in [-0.3, -0.25) is 10.1 Å². The number of nitrogens with zero attached hydrogens (tertiary/aromatic N) is 5. The van der Waals surface area contributed by atoms with Crippen molar-refractivity contribution in [1.82, 2.24) is 20.2 Å². The van der Waals surface area contributed by atoms with Crippen molar-refractivity contribution < 1.29 is 14.1 Å². The highest BCUT2D eigenvalue weighted by molar-refractivity contribution is 5.68. The number of nitro benzene ring substituents is 1. The molecule has 0 saturated carbocycles. The summed E-state index contributed by atoms with van der Waals surface area (Å²) < 4.78 is 20.7. The number of aryl methyl sites for hydroxylation is 1. The molecule has 0 saturated heterocycles. The minimum atomic E-state index is -0.828. The number of rotatable bonds is 4. The molecule has 1 aromatic carbocycles. The molecule has 2 rings (SSSR count). The van der Waals surface area contributed by atoms with E-state index in [4.69, 9.17) is 4.74 Å². The monoisotopic (exact) mass is 281 g/mol. The Labute approximate surface area is 113 Å². The minimum absolute atomic E-state index is 0.108. The first-order valence-corrected chi connectivity index (χ1v) is 5.77. The normalized spacial score (nSPS) is 10.8. The molecule has 0 bridgehead atoms. The zero-order valence-corrected chi connectivity index (χ0v) is 11.1. The summed E-state index contributed by atoms with van der Waals surface area (Å²) in [5, 5.41) is 21.6. The Balaban J connectivity index is 2.67. The smallest absolute Gasteiger partial charge is 0.273 e. The van der Waals surface area contributed by atoms with Gasteiger partial charge in [-0.25, -0.2) is 9.07 Å². The van der Waals surface area contributed by atoms with Crippen molar-refractivity contribution in [2.45, 2.75) is 20.0 Å². The SMILES string of the molecule is CC(C)Oc1c(F)cc([N+](=O)[O-])cc1-c1nnnn1C. The molecular formula is C11H12FN5O3. The van der Waals surface area contributed by atoms with Gasteiger partial charge in [-0.2, -0.15) is 0 Å². The molecule has 0 spiro atoms. The van der Waals surface area contributed by atoms with Crippen molar-refractivity contribution >= 4 is 5.69 Å². The van der Waals surface area contributed by atoms with Crippen molar-refractivity contribution in [2.75, 3.05) is 0 Å². The van der Waals surface area contributed by atoms with E-state index < -0.39 is 16.4 Å². The summed E-state index contributed by atoms with van der Waals surface area (Å²) in [6, 6.07) is 2.00. The lowest BCUT2D eigenvalue weighted by atomic mass is 10.1. The van der Waals surface area contributed by atoms with E-state index in [2.05, 4.69) is 15.5 Å². The lowest BCUT2D eigenvalue weighted by molar-refractivity contribution is -0.385. The average Bonchev–Trinajstić information content (AvgIpc) is 2.77. The predicted octanol–water partition coefficient (Wildman–Crippen LogP) is 1.71. The van der Waals surface area contributed by atoms with Crippen LogP contribution in [0.25, 0.3) is 11.4 Å². The van der Waals surface area contributed by atoms with Gasteiger partial charge in [-0.05, 0) is 24.3 Å². The highest BCUT2D eigenvalue weighted by Crippen LogP contribution is 2.35. The van der Waals surface area contributed by atoms with Crippen LogP contribution in [0.15, 0.2) is 12.1 Å². The van der Waals surface area contributed by atoms with Gasteiger partial charge in [-0.1, -0.05) is 0 Å². The maximum absolute atomic E-state index is 14.0. The number of benzene rings is 1. The van der Waals surface area contributed by atoms with Gasteiger partial charge in [0.2, 0.25) is 0 Å². The van der Waals surface area contributed by atoms with Gasteiger partial charge in [0.15, 0.2) is 17.4 Å². The third-order valence-corrected chi connectivity index (χ3v) is 2.45. The first kappa shape index (κ1) is 13.8. The molecule has 0 unspecified atom stereocenters. The summed E-state index contributed by atoms with van der Waals surface area (Å²) in [6.45, 7) is 3.44. The number of tetrazole rings is 1. The van der Waals surface area contributed by atoms with E-state index in [1.165, 1.54) is 10.7 Å². The Morgan fingerprint density at radius 1 is 1.45 bits per heavy atom. The number of hydrogen-bond acceptors (Lipinski definition) is 6. The fourth-order valence-electron chi connectivity index (χ4n) is 1.66. The number of nitro groups is 1. The van der Waals surface area contributed by atoms with E-state index in [0.29, 0.717) is 0 Å². The number of non-ortho nitro benzene ring substituents is 1. The topological polar surface area (TPSA) is 96.0 Å². The first-order valence-electron chi connectivity index (χ1n) is 5.77. The van der Waals surface area contributed by atoms with E-state index in [9.17, 15) is 14.5 Å². The maximum Gasteiger partial charge on any atom is 0.273 e. The molecule has 0 fully saturated rings. The van der Waals surface area contributed by atoms with Gasteiger partial charge in [0.1, 0.15) is 0 Å². The van der Waals surface area contributed by atoms with Gasteiger partial charge in [0, 0.05) is 13.1 Å². The molecule has 1 aromatic heterocycles. The third-order valence-electron chi connectivity index (χ3n) is 2.45. The second kappa shape index (κ2) is 5.19. The van der Waals surface area contributed by atoms with Crippen LogP contribution in [0.2, 0.25) is 0 Å². The van der Waals surface area contributed by atoms with E-state index >= 15 is 0 Å². The zero-order chi connectivity index (χ0) is 14.9. The molecule has 106 valence electrons. The molecule has 20 heavy (non-hydrogen) atoms. The lowest BCUT2D eigenvalue weighted by Gasteiger charge is -2.14. The molecule has 8 nitrogen and oxygen atoms in total. The van der Waals surface area contributed by atoms with Crippen molar-refractivity contribution in [3.63, 3.8) is 0 Å². The minimum Gasteiger partial charge on any atom is -0.487 e. The van der Waals surface area contributed by atoms with Crippen LogP contribution in [0.3, 0.4) is 0 Å². The second-order valence-electron chi connectivity index (χ2n) is 4.35. The van der Waals surface area contributed by atoms with Gasteiger partial charge in [-0.15, -0.1) is 5.10 Å². The molecule has 0 N–H and O–H groups in total. The summed E-state index contributed by atoms with van der Waals surface area (Å²) >= 11 is 0. The van der Waals surface area contributed by atoms with Crippen LogP contribution >= 0.6 is 0 Å². The fourth-order valence-corrected chi connectivity index (χ4v) is 1.66. The van der Waals surface area contributed by atoms with Crippen LogP contribution < -0.4 is 4.74 Å². The maximum atomic E-state index is 14.0. The Morgan fingerprint density at radius 2 is 2.15 bits per heavy atom. The molecule has 1 heterocycles. The Bertz CT molecular complexity index is 656. The highest BCUT2D eigenvalue weighted by atomic mass is 19.1. The van der Waals surface area contributed by atoms with Crippen molar-refractivity contribution in [2.24, 2.45) is 7.05 Å². The van der Waals surface area contributed by atoms with Gasteiger partial charge < -0.3 is 4.74 Å². The molecule has 2 aromatic rings. The Kier molecular flexibility index (Phi) is 3.59. The average molecular weight is 281 g/mol. The van der Waals surface area contributed by atoms with E-state index in [0.717, 1.165) is 6.07 Å². The number of aromatic nitrogens is 4. The molecule has 0 atom stereocenters. The van der Waals surface area contributed by atoms with Gasteiger partial charge in [0.25, 0.3) is 5.69 Å². The molecule has 0 aliphatic heterocycles. The van der Waals surface area contributed by atoms with Crippen LogP contribution in [0.4, 0.5) is 10.1 Å².